The van der Waals surface area contributed by atoms with Crippen molar-refractivity contribution in [3.63, 3.8) is 0 Å². The third kappa shape index (κ3) is 4.10. The third-order valence-electron chi connectivity index (χ3n) is 13.7. The number of nitrogens with one attached hydrogen (secondary N) is 2. The summed E-state index contributed by atoms with van der Waals surface area (Å²) in [6.07, 6.45) is 4.36. The van der Waals surface area contributed by atoms with E-state index in [9.17, 15) is 25.2 Å². The van der Waals surface area contributed by atoms with Gasteiger partial charge in [0.25, 0.3) is 0 Å². The number of phenolic OH excluding ortho intramolecular Hbond substituents is 3. The zero-order valence-electron chi connectivity index (χ0n) is 29.7. The van der Waals surface area contributed by atoms with Crippen molar-refractivity contribution in [1.29, 1.82) is 0 Å². The number of aromatic hydroxyl groups is 3. The summed E-state index contributed by atoms with van der Waals surface area (Å²) < 4.78 is 13.0. The van der Waals surface area contributed by atoms with E-state index in [2.05, 4.69) is 10.3 Å². The minimum Gasteiger partial charge on any atom is -0.504 e. The Morgan fingerprint density at radius 3 is 2.46 bits per heavy atom. The van der Waals surface area contributed by atoms with Gasteiger partial charge in [-0.1, -0.05) is 50.3 Å². The maximum atomic E-state index is 16.0. The number of aromatic nitrogens is 1. The molecule has 272 valence electrons. The molecule has 4 fully saturated rings. The topological polar surface area (TPSA) is 182 Å². The van der Waals surface area contributed by atoms with Crippen molar-refractivity contribution in [2.24, 2.45) is 40.9 Å². The van der Waals surface area contributed by atoms with E-state index in [0.717, 1.165) is 16.5 Å². The number of rotatable bonds is 2. The van der Waals surface area contributed by atoms with Crippen LogP contribution in [0.15, 0.2) is 54.3 Å². The molecule has 5 heterocycles. The molecule has 11 heteroatoms. The molecule has 1 aromatic heterocycles. The van der Waals surface area contributed by atoms with Crippen molar-refractivity contribution in [2.45, 2.75) is 83.5 Å². The molecule has 6 N–H and O–H groups in total. The standard InChI is InChI=1S/C41H44N2O9/c1-16-9-8-11-22-38-40(5,52-38)19(4)29-24(14-20-15-42-23-12-7-6-10-21(20)23)43-39(50)41(22,29)37(49)28-27(32(46)30(44)17(2)13-16)35-25-18(3)31(45)34(48)33(47)26(25)36(28)51-35/h6-8,10-13,15-16,19,22,24,27-30,35-36,38,42,44-45,47-48H,9,14H2,1-5H3,(H,43,50). The van der Waals surface area contributed by atoms with Gasteiger partial charge in [-0.15, -0.1) is 0 Å². The first kappa shape index (κ1) is 33.4. The molecule has 1 spiro atoms. The van der Waals surface area contributed by atoms with Crippen molar-refractivity contribution in [3.05, 3.63) is 76.5 Å². The van der Waals surface area contributed by atoms with E-state index in [1.54, 1.807) is 13.8 Å². The summed E-state index contributed by atoms with van der Waals surface area (Å²) in [6, 6.07) is 7.47. The zero-order chi connectivity index (χ0) is 36.8. The van der Waals surface area contributed by atoms with Crippen LogP contribution in [0.5, 0.6) is 17.2 Å². The first-order valence-corrected chi connectivity index (χ1v) is 18.3. The number of aromatic amines is 1. The highest BCUT2D eigenvalue weighted by atomic mass is 16.6. The SMILES string of the molecule is CC1=CC(C)CC=CC2C3OC3(C)C(C)C3C(Cc4c[nH]c5ccccc45)NC(=O)C23C(=O)C2C3OC(c4c(C)c(O)c(O)c(O)c43)C2C(=O)C1O. The summed E-state index contributed by atoms with van der Waals surface area (Å²) in [5.41, 5.74) is 0.723. The number of para-hydroxylation sites is 1. The number of hydrogen-bond donors (Lipinski definition) is 6. The molecule has 1 saturated carbocycles. The number of epoxide rings is 1. The van der Waals surface area contributed by atoms with Gasteiger partial charge < -0.3 is 40.2 Å². The van der Waals surface area contributed by atoms with Gasteiger partial charge in [0.1, 0.15) is 11.5 Å². The number of phenols is 3. The average Bonchev–Trinajstić information content (AvgIpc) is 3.48. The van der Waals surface area contributed by atoms with Gasteiger partial charge in [0, 0.05) is 46.1 Å². The lowest BCUT2D eigenvalue weighted by Crippen LogP contribution is -2.61. The van der Waals surface area contributed by atoms with Crippen LogP contribution in [0.25, 0.3) is 10.9 Å². The highest BCUT2D eigenvalue weighted by molar-refractivity contribution is 6.12. The van der Waals surface area contributed by atoms with E-state index in [0.29, 0.717) is 24.0 Å². The molecule has 9 rings (SSSR count). The van der Waals surface area contributed by atoms with E-state index < -0.39 is 99.9 Å². The summed E-state index contributed by atoms with van der Waals surface area (Å²) in [4.78, 5) is 49.0. The van der Waals surface area contributed by atoms with Crippen molar-refractivity contribution >= 4 is 28.4 Å². The van der Waals surface area contributed by atoms with Crippen LogP contribution in [0.2, 0.25) is 0 Å². The van der Waals surface area contributed by atoms with E-state index in [1.807, 2.05) is 69.5 Å². The zero-order valence-corrected chi connectivity index (χ0v) is 29.7. The Hall–Kier alpha value is -4.45. The smallest absolute Gasteiger partial charge is 0.235 e. The molecule has 4 aliphatic heterocycles. The molecule has 3 aromatic rings. The number of Topliss-reactive ketones (excluding diaryl/α,β-unsaturated/α-hetero) is 2. The highest BCUT2D eigenvalue weighted by Gasteiger charge is 2.80. The lowest BCUT2D eigenvalue weighted by atomic mass is 9.49. The van der Waals surface area contributed by atoms with Gasteiger partial charge in [0.15, 0.2) is 23.1 Å². The van der Waals surface area contributed by atoms with Crippen LogP contribution in [-0.4, -0.2) is 66.7 Å². The average molecular weight is 709 g/mol. The molecular formula is C41H44N2O9. The van der Waals surface area contributed by atoms with Gasteiger partial charge >= 0.3 is 0 Å². The van der Waals surface area contributed by atoms with Crippen molar-refractivity contribution in [3.8, 4) is 17.2 Å². The van der Waals surface area contributed by atoms with Gasteiger partial charge in [0.05, 0.1) is 35.7 Å². The van der Waals surface area contributed by atoms with Crippen molar-refractivity contribution in [1.82, 2.24) is 10.3 Å². The molecule has 52 heavy (non-hydrogen) atoms. The van der Waals surface area contributed by atoms with Gasteiger partial charge in [-0.3, -0.25) is 14.4 Å². The summed E-state index contributed by atoms with van der Waals surface area (Å²) in [6.45, 7) is 9.29. The van der Waals surface area contributed by atoms with Crippen LogP contribution in [0.1, 0.15) is 68.6 Å². The molecule has 2 aliphatic carbocycles. The van der Waals surface area contributed by atoms with Crippen molar-refractivity contribution in [2.75, 3.05) is 0 Å². The largest absolute Gasteiger partial charge is 0.504 e. The molecule has 1 amide bonds. The Kier molecular flexibility index (Phi) is 7.09. The second-order valence-corrected chi connectivity index (χ2v) is 16.3. The maximum absolute atomic E-state index is 16.0. The highest BCUT2D eigenvalue weighted by Crippen LogP contribution is 2.70. The van der Waals surface area contributed by atoms with Crippen LogP contribution in [0, 0.1) is 47.8 Å². The van der Waals surface area contributed by atoms with Gasteiger partial charge in [-0.2, -0.15) is 0 Å². The van der Waals surface area contributed by atoms with Gasteiger partial charge in [0.2, 0.25) is 11.7 Å². The van der Waals surface area contributed by atoms with E-state index in [-0.39, 0.29) is 23.0 Å². The number of amides is 1. The fourth-order valence-corrected chi connectivity index (χ4v) is 11.1. The van der Waals surface area contributed by atoms with Crippen LogP contribution < -0.4 is 5.32 Å². The molecule has 2 bridgehead atoms. The fraction of sp³-hybridized carbons (Fsp3) is 0.488. The number of allylic oxidation sites excluding steroid dienone is 2. The number of benzene rings is 2. The summed E-state index contributed by atoms with van der Waals surface area (Å²) in [7, 11) is 0. The number of carbonyl (C=O) groups is 3. The normalized spacial score (nSPS) is 40.5. The Balaban J connectivity index is 1.26. The van der Waals surface area contributed by atoms with Gasteiger partial charge in [-0.25, -0.2) is 0 Å². The first-order valence-electron chi connectivity index (χ1n) is 18.3. The second kappa shape index (κ2) is 11.0. The Labute approximate surface area is 300 Å². The Bertz CT molecular complexity index is 2150. The summed E-state index contributed by atoms with van der Waals surface area (Å²) in [5, 5.41) is 48.6. The number of aliphatic hydroxyl groups is 1. The number of H-pyrrole nitrogens is 1. The van der Waals surface area contributed by atoms with E-state index >= 15 is 9.59 Å². The third-order valence-corrected chi connectivity index (χ3v) is 13.7. The first-order chi connectivity index (χ1) is 24.7. The van der Waals surface area contributed by atoms with Crippen LogP contribution in [-0.2, 0) is 30.3 Å². The molecule has 13 unspecified atom stereocenters. The van der Waals surface area contributed by atoms with E-state index in [4.69, 9.17) is 9.47 Å². The lowest BCUT2D eigenvalue weighted by molar-refractivity contribution is -0.155. The fourth-order valence-electron chi connectivity index (χ4n) is 11.1. The predicted octanol–water partition coefficient (Wildman–Crippen LogP) is 4.76. The second-order valence-electron chi connectivity index (χ2n) is 16.3. The minimum atomic E-state index is -1.70. The van der Waals surface area contributed by atoms with Crippen LogP contribution in [0.4, 0.5) is 0 Å². The maximum Gasteiger partial charge on any atom is 0.235 e. The number of hydrogen-bond acceptors (Lipinski definition) is 9. The number of ketones is 2. The molecule has 11 nitrogen and oxygen atoms in total. The number of carbonyl (C=O) groups excluding carboxylic acids is 3. The minimum absolute atomic E-state index is 0.0742. The Morgan fingerprint density at radius 2 is 1.69 bits per heavy atom. The molecule has 13 atom stereocenters. The molecule has 6 aliphatic rings. The monoisotopic (exact) mass is 708 g/mol. The number of aliphatic hydroxyl groups excluding tert-OH is 1. The Morgan fingerprint density at radius 1 is 0.962 bits per heavy atom. The van der Waals surface area contributed by atoms with Crippen LogP contribution in [0.3, 0.4) is 0 Å². The molecule has 2 aromatic carbocycles. The van der Waals surface area contributed by atoms with E-state index in [1.165, 1.54) is 0 Å². The molecule has 3 saturated heterocycles. The summed E-state index contributed by atoms with van der Waals surface area (Å²) in [5.74, 6) is -7.63. The summed E-state index contributed by atoms with van der Waals surface area (Å²) >= 11 is 0. The van der Waals surface area contributed by atoms with Crippen LogP contribution >= 0.6 is 0 Å². The van der Waals surface area contributed by atoms with Gasteiger partial charge in [-0.05, 0) is 68.2 Å². The predicted molar refractivity (Wildman–Crippen MR) is 188 cm³/mol. The molecule has 0 radical (unpaired) electrons. The quantitative estimate of drug-likeness (QED) is 0.0947. The molecular weight excluding hydrogens is 664 g/mol. The number of ether oxygens (including phenoxy) is 2. The number of fused-ring (bicyclic) bond motifs is 11. The van der Waals surface area contributed by atoms with Crippen molar-refractivity contribution < 1.29 is 44.3 Å². The lowest BCUT2D eigenvalue weighted by Gasteiger charge is -2.48.